The maximum Gasteiger partial charge on any atom is 0.410 e. The lowest BCUT2D eigenvalue weighted by atomic mass is 9.88. The number of hydrogen-bond donors (Lipinski definition) is 1. The molecule has 392 valence electrons. The Kier molecular flexibility index (Phi) is 24.5. The molecule has 3 unspecified atom stereocenters. The minimum Gasteiger partial charge on any atom is -0.457 e. The summed E-state index contributed by atoms with van der Waals surface area (Å²) in [5.41, 5.74) is -0.957. The van der Waals surface area contributed by atoms with E-state index >= 15 is 0 Å². The molecule has 2 saturated heterocycles. The number of carbonyl (C=O) groups is 3. The average molecular weight is 1010 g/mol. The number of epoxide rings is 1. The van der Waals surface area contributed by atoms with Crippen LogP contribution < -0.4 is 5.32 Å². The van der Waals surface area contributed by atoms with E-state index < -0.39 is 66.5 Å². The predicted octanol–water partition coefficient (Wildman–Crippen LogP) is 12.3. The molecule has 10 atom stereocenters. The first-order valence-corrected chi connectivity index (χ1v) is 34.6. The molecule has 0 aromatic heterocycles. The molecule has 3 aliphatic rings. The maximum atomic E-state index is 14.2. The van der Waals surface area contributed by atoms with Gasteiger partial charge in [0.1, 0.15) is 11.7 Å². The van der Waals surface area contributed by atoms with Crippen molar-refractivity contribution in [3.8, 4) is 0 Å². The van der Waals surface area contributed by atoms with Crippen LogP contribution >= 0.6 is 0 Å². The Morgan fingerprint density at radius 2 is 1.47 bits per heavy atom. The molecule has 0 bridgehead atoms. The highest BCUT2D eigenvalue weighted by Gasteiger charge is 2.51. The van der Waals surface area contributed by atoms with Gasteiger partial charge in [0.15, 0.2) is 31.1 Å². The van der Waals surface area contributed by atoms with Gasteiger partial charge in [-0.1, -0.05) is 107 Å². The Labute approximate surface area is 417 Å². The van der Waals surface area contributed by atoms with Gasteiger partial charge in [-0.3, -0.25) is 9.59 Å². The van der Waals surface area contributed by atoms with Gasteiger partial charge < -0.3 is 42.4 Å². The summed E-state index contributed by atoms with van der Waals surface area (Å²) in [6, 6.07) is 9.21. The number of piperazine rings is 1. The lowest BCUT2D eigenvalue weighted by molar-refractivity contribution is -0.168. The van der Waals surface area contributed by atoms with Crippen LogP contribution in [0.4, 0.5) is 4.79 Å². The van der Waals surface area contributed by atoms with Crippen molar-refractivity contribution in [2.75, 3.05) is 26.2 Å². The second-order valence-electron chi connectivity index (χ2n) is 20.8. The molecule has 3 aliphatic heterocycles. The van der Waals surface area contributed by atoms with E-state index in [0.29, 0.717) is 39.0 Å². The summed E-state index contributed by atoms with van der Waals surface area (Å²) < 4.78 is 46.9. The topological polar surface area (TPSA) is 134 Å². The Balaban J connectivity index is 2.07. The molecule has 15 heteroatoms. The monoisotopic (exact) mass is 1010 g/mol. The smallest absolute Gasteiger partial charge is 0.410 e. The van der Waals surface area contributed by atoms with Crippen molar-refractivity contribution in [3.63, 3.8) is 0 Å². The molecule has 0 aromatic rings. The zero-order chi connectivity index (χ0) is 50.9. The van der Waals surface area contributed by atoms with E-state index in [9.17, 15) is 14.4 Å². The van der Waals surface area contributed by atoms with E-state index in [1.165, 1.54) is 6.92 Å². The summed E-state index contributed by atoms with van der Waals surface area (Å²) in [6.07, 6.45) is 10.4. The van der Waals surface area contributed by atoms with Crippen LogP contribution in [-0.2, 0) is 41.8 Å². The highest BCUT2D eigenvalue weighted by Crippen LogP contribution is 2.43. The molecule has 1 N–H and O–H groups in total. The number of hydrogen-bond acceptors (Lipinski definition) is 11. The molecule has 2 fully saturated rings. The van der Waals surface area contributed by atoms with Crippen LogP contribution in [0, 0.1) is 11.8 Å². The Hall–Kier alpha value is -2.12. The first-order valence-electron chi connectivity index (χ1n) is 27.0. The summed E-state index contributed by atoms with van der Waals surface area (Å²) in [7, 11) is -6.05. The minimum atomic E-state index is -2.19. The number of rotatable bonds is 25. The number of amides is 1. The summed E-state index contributed by atoms with van der Waals surface area (Å²) in [5, 5.41) is 3.29. The van der Waals surface area contributed by atoms with Gasteiger partial charge in [0.05, 0.1) is 30.3 Å². The third-order valence-electron chi connectivity index (χ3n) is 16.3. The first kappa shape index (κ1) is 60.2. The molecule has 68 heavy (non-hydrogen) atoms. The molecule has 1 amide bonds. The Morgan fingerprint density at radius 1 is 0.897 bits per heavy atom. The first-order chi connectivity index (χ1) is 32.2. The van der Waals surface area contributed by atoms with Gasteiger partial charge in [0.2, 0.25) is 0 Å². The van der Waals surface area contributed by atoms with Crippen molar-refractivity contribution in [1.82, 2.24) is 10.2 Å². The van der Waals surface area contributed by atoms with Crippen molar-refractivity contribution in [2.24, 2.45) is 11.8 Å². The van der Waals surface area contributed by atoms with Crippen molar-refractivity contribution in [1.29, 1.82) is 0 Å². The van der Waals surface area contributed by atoms with Gasteiger partial charge in [0, 0.05) is 57.5 Å². The van der Waals surface area contributed by atoms with Gasteiger partial charge >= 0.3 is 18.0 Å². The molecule has 0 aromatic carbocycles. The third-order valence-corrected chi connectivity index (χ3v) is 30.5. The molecular formula is C53H98N2O10Si3. The Morgan fingerprint density at radius 3 is 2.00 bits per heavy atom. The minimum absolute atomic E-state index is 0.0548. The van der Waals surface area contributed by atoms with Gasteiger partial charge in [-0.2, -0.15) is 0 Å². The summed E-state index contributed by atoms with van der Waals surface area (Å²) in [6.45, 7) is 36.5. The van der Waals surface area contributed by atoms with Crippen molar-refractivity contribution < 1.29 is 46.6 Å². The molecule has 0 aliphatic carbocycles. The fourth-order valence-corrected chi connectivity index (χ4v) is 19.7. The standard InChI is InChI=1S/C53H98N2O10Si3/c1-17-45(64-67(21-5,22-6)23-7)42(13)50-46(59-50)39-52(15,65-68(24-8,25-9)26-10)32-27-28-40(11)49-41(12)29-30-47(60-51(58)55-36-34-54-35-37-55)53(16,62-43(14)56)33-31-44(38-48(57)61-49)63-66(18-2,19-3)20-4/h27-30,32,41-42,44-47,49-50,54H,17-26,31,33-39H2,1-16H3/b30-29+,32-27+,40-28+/t41-,42?,44+,45?,46+,47-,49+,50+,52?,53+/m0/s1. The average Bonchev–Trinajstić information content (AvgIpc) is 4.10. The molecule has 3 rings (SSSR count). The fourth-order valence-electron chi connectivity index (χ4n) is 10.7. The van der Waals surface area contributed by atoms with Crippen molar-refractivity contribution >= 4 is 43.0 Å². The van der Waals surface area contributed by atoms with E-state index in [-0.39, 0.29) is 42.5 Å². The molecule has 0 radical (unpaired) electrons. The fraction of sp³-hybridized carbons (Fsp3) is 0.830. The number of esters is 2. The van der Waals surface area contributed by atoms with E-state index in [1.807, 2.05) is 39.0 Å². The molecule has 12 nitrogen and oxygen atoms in total. The number of cyclic esters (lactones) is 1. The highest BCUT2D eigenvalue weighted by molar-refractivity contribution is 6.74. The van der Waals surface area contributed by atoms with Gasteiger partial charge in [0.25, 0.3) is 0 Å². The van der Waals surface area contributed by atoms with Gasteiger partial charge in [-0.05, 0) is 106 Å². The second kappa shape index (κ2) is 27.6. The molecular weight excluding hydrogens is 909 g/mol. The molecule has 3 heterocycles. The van der Waals surface area contributed by atoms with Crippen LogP contribution in [0.5, 0.6) is 0 Å². The van der Waals surface area contributed by atoms with Crippen molar-refractivity contribution in [3.05, 3.63) is 36.0 Å². The second-order valence-corrected chi connectivity index (χ2v) is 34.9. The van der Waals surface area contributed by atoms with Crippen LogP contribution in [0.3, 0.4) is 0 Å². The van der Waals surface area contributed by atoms with E-state index in [1.54, 1.807) is 4.90 Å². The van der Waals surface area contributed by atoms with E-state index in [2.05, 4.69) is 101 Å². The van der Waals surface area contributed by atoms with E-state index in [0.717, 1.165) is 72.8 Å². The van der Waals surface area contributed by atoms with E-state index in [4.69, 9.17) is 32.2 Å². The SMILES string of the molecule is CCC(O[Si](CC)(CC)CC)C(C)[C@H]1O[C@@H]1CC(C)(/C=C/C=C(\C)[C@H]1OC(=O)C[C@H](O[Si](CC)(CC)CC)CC[C@@](C)(OC(C)=O)[C@@H](OC(=O)N2CCNCC2)/C=C/[C@@H]1C)O[Si](CC)(CC)CC. The highest BCUT2D eigenvalue weighted by atomic mass is 28.4. The predicted molar refractivity (Wildman–Crippen MR) is 283 cm³/mol. The van der Waals surface area contributed by atoms with Crippen LogP contribution in [0.1, 0.15) is 143 Å². The third kappa shape index (κ3) is 16.7. The van der Waals surface area contributed by atoms with Crippen LogP contribution in [0.2, 0.25) is 54.4 Å². The quantitative estimate of drug-likeness (QED) is 0.0234. The van der Waals surface area contributed by atoms with Crippen LogP contribution in [0.25, 0.3) is 0 Å². The van der Waals surface area contributed by atoms with Crippen LogP contribution in [0.15, 0.2) is 36.0 Å². The summed E-state index contributed by atoms with van der Waals surface area (Å²) in [4.78, 5) is 42.4. The maximum absolute atomic E-state index is 14.2. The van der Waals surface area contributed by atoms with Crippen molar-refractivity contribution in [2.45, 2.75) is 245 Å². The Bertz CT molecular complexity index is 1640. The number of nitrogens with zero attached hydrogens (tertiary/aromatic N) is 1. The van der Waals surface area contributed by atoms with Gasteiger partial charge in [-0.25, -0.2) is 4.79 Å². The normalized spacial score (nSPS) is 28.1. The number of allylic oxidation sites excluding steroid dienone is 2. The largest absolute Gasteiger partial charge is 0.457 e. The van der Waals surface area contributed by atoms with Crippen LogP contribution in [-0.4, -0.2) is 122 Å². The van der Waals surface area contributed by atoms with Gasteiger partial charge in [-0.15, -0.1) is 0 Å². The number of ether oxygens (including phenoxy) is 4. The number of nitrogens with one attached hydrogen (secondary N) is 1. The zero-order valence-electron chi connectivity index (χ0n) is 45.8. The lowest BCUT2D eigenvalue weighted by Gasteiger charge is -2.39. The summed E-state index contributed by atoms with van der Waals surface area (Å²) >= 11 is 0. The molecule has 0 spiro atoms. The lowest BCUT2D eigenvalue weighted by Crippen LogP contribution is -2.51. The zero-order valence-corrected chi connectivity index (χ0v) is 48.8. The number of carbonyl (C=O) groups excluding carboxylic acids is 3. The summed E-state index contributed by atoms with van der Waals surface area (Å²) in [5.74, 6) is -0.875. The molecule has 0 saturated carbocycles.